The summed E-state index contributed by atoms with van der Waals surface area (Å²) in [5.74, 6) is -0.483. The van der Waals surface area contributed by atoms with E-state index in [1.807, 2.05) is 36.4 Å². The fourth-order valence-electron chi connectivity index (χ4n) is 4.31. The maximum atomic E-state index is 13.4. The SMILES string of the molecule is CCOC(=O)C1CC1c1ccc(N2CC(=O)N(CC[Si](C)(C)C)S2(=O)=O)c(OCc2ccccc2)c1. The number of esters is 1. The fraction of sp³-hybridized carbons (Fsp3) is 0.462. The van der Waals surface area contributed by atoms with E-state index in [-0.39, 0.29) is 37.5 Å². The van der Waals surface area contributed by atoms with Crippen molar-refractivity contribution in [3.05, 3.63) is 59.7 Å². The van der Waals surface area contributed by atoms with E-state index in [4.69, 9.17) is 9.47 Å². The van der Waals surface area contributed by atoms with Gasteiger partial charge in [0.1, 0.15) is 18.9 Å². The van der Waals surface area contributed by atoms with Crippen molar-refractivity contribution in [1.29, 1.82) is 0 Å². The Kier molecular flexibility index (Phi) is 7.47. The van der Waals surface area contributed by atoms with Gasteiger partial charge in [-0.3, -0.25) is 9.59 Å². The number of nitrogens with zero attached hydrogens (tertiary/aromatic N) is 2. The summed E-state index contributed by atoms with van der Waals surface area (Å²) in [6.45, 7) is 8.73. The van der Waals surface area contributed by atoms with E-state index in [9.17, 15) is 18.0 Å². The van der Waals surface area contributed by atoms with Gasteiger partial charge in [0.25, 0.3) is 5.91 Å². The molecule has 2 aromatic carbocycles. The predicted octanol–water partition coefficient (Wildman–Crippen LogP) is 4.16. The third kappa shape index (κ3) is 5.75. The molecule has 1 saturated heterocycles. The Bertz CT molecular complexity index is 1230. The largest absolute Gasteiger partial charge is 0.487 e. The molecule has 0 N–H and O–H groups in total. The molecular weight excluding hydrogens is 496 g/mol. The zero-order chi connectivity index (χ0) is 26.1. The van der Waals surface area contributed by atoms with Crippen molar-refractivity contribution in [3.8, 4) is 5.75 Å². The second kappa shape index (κ2) is 10.3. The van der Waals surface area contributed by atoms with Gasteiger partial charge in [-0.25, -0.2) is 8.61 Å². The Morgan fingerprint density at radius 1 is 1.11 bits per heavy atom. The van der Waals surface area contributed by atoms with Gasteiger partial charge < -0.3 is 9.47 Å². The lowest BCUT2D eigenvalue weighted by Crippen LogP contribution is -2.37. The summed E-state index contributed by atoms with van der Waals surface area (Å²) in [5, 5.41) is 0. The van der Waals surface area contributed by atoms with E-state index in [0.717, 1.165) is 19.7 Å². The van der Waals surface area contributed by atoms with Crippen LogP contribution in [0.3, 0.4) is 0 Å². The minimum absolute atomic E-state index is 0.00207. The van der Waals surface area contributed by atoms with Crippen LogP contribution >= 0.6 is 0 Å². The van der Waals surface area contributed by atoms with Gasteiger partial charge in [0.2, 0.25) is 0 Å². The Labute approximate surface area is 214 Å². The third-order valence-corrected chi connectivity index (χ3v) is 10.0. The standard InChI is InChI=1S/C26H34N2O6SSi/c1-5-33-26(30)22-16-21(22)20-11-12-23(24(15-20)34-18-19-9-7-6-8-10-19)28-17-25(29)27(35(28,31)32)13-14-36(2,3)4/h6-12,15,21-22H,5,13-14,16-18H2,1-4H3. The molecule has 0 aromatic heterocycles. The summed E-state index contributed by atoms with van der Waals surface area (Å²) in [4.78, 5) is 24.9. The number of amides is 1. The molecule has 8 nitrogen and oxygen atoms in total. The smallest absolute Gasteiger partial charge is 0.329 e. The van der Waals surface area contributed by atoms with E-state index in [2.05, 4.69) is 19.6 Å². The molecule has 2 unspecified atom stereocenters. The lowest BCUT2D eigenvalue weighted by atomic mass is 10.1. The second-order valence-corrected chi connectivity index (χ2v) is 17.9. The van der Waals surface area contributed by atoms with Crippen molar-refractivity contribution in [2.24, 2.45) is 5.92 Å². The first-order valence-electron chi connectivity index (χ1n) is 12.3. The summed E-state index contributed by atoms with van der Waals surface area (Å²) >= 11 is 0. The highest BCUT2D eigenvalue weighted by molar-refractivity contribution is 7.91. The molecule has 1 aliphatic carbocycles. The van der Waals surface area contributed by atoms with Gasteiger partial charge in [-0.15, -0.1) is 0 Å². The number of rotatable bonds is 10. The molecule has 10 heteroatoms. The number of ether oxygens (including phenoxy) is 2. The first-order valence-corrected chi connectivity index (χ1v) is 17.4. The first-order chi connectivity index (χ1) is 17.0. The summed E-state index contributed by atoms with van der Waals surface area (Å²) < 4.78 is 40.3. The topological polar surface area (TPSA) is 93.2 Å². The van der Waals surface area contributed by atoms with Crippen molar-refractivity contribution in [1.82, 2.24) is 4.31 Å². The Morgan fingerprint density at radius 3 is 2.50 bits per heavy atom. The van der Waals surface area contributed by atoms with Gasteiger partial charge in [-0.1, -0.05) is 56.0 Å². The Balaban J connectivity index is 1.62. The van der Waals surface area contributed by atoms with Crippen LogP contribution in [0.25, 0.3) is 0 Å². The van der Waals surface area contributed by atoms with Crippen LogP contribution in [0.15, 0.2) is 48.5 Å². The van der Waals surface area contributed by atoms with E-state index in [0.29, 0.717) is 30.5 Å². The number of hydrogen-bond donors (Lipinski definition) is 0. The van der Waals surface area contributed by atoms with Crippen LogP contribution in [0.1, 0.15) is 30.4 Å². The van der Waals surface area contributed by atoms with Gasteiger partial charge in [0, 0.05) is 14.6 Å². The molecule has 2 aromatic rings. The maximum Gasteiger partial charge on any atom is 0.329 e. The summed E-state index contributed by atoms with van der Waals surface area (Å²) in [6.07, 6.45) is 0.682. The normalized spacial score (nSPS) is 20.9. The van der Waals surface area contributed by atoms with E-state index in [1.165, 1.54) is 0 Å². The summed E-state index contributed by atoms with van der Waals surface area (Å²) in [6, 6.07) is 15.6. The first kappa shape index (κ1) is 26.2. The van der Waals surface area contributed by atoms with Crippen LogP contribution in [0.4, 0.5) is 5.69 Å². The predicted molar refractivity (Wildman–Crippen MR) is 141 cm³/mol. The third-order valence-electron chi connectivity index (χ3n) is 6.48. The number of carbonyl (C=O) groups excluding carboxylic acids is 2. The van der Waals surface area contributed by atoms with Crippen LogP contribution in [0, 0.1) is 5.92 Å². The molecule has 194 valence electrons. The molecule has 0 bridgehead atoms. The molecule has 1 amide bonds. The molecular formula is C26H34N2O6SSi. The van der Waals surface area contributed by atoms with Crippen LogP contribution in [-0.2, 0) is 31.1 Å². The fourth-order valence-corrected chi connectivity index (χ4v) is 6.91. The van der Waals surface area contributed by atoms with Crippen molar-refractivity contribution in [2.45, 2.75) is 51.6 Å². The van der Waals surface area contributed by atoms with Gasteiger partial charge in [-0.2, -0.15) is 8.42 Å². The van der Waals surface area contributed by atoms with Crippen molar-refractivity contribution in [3.63, 3.8) is 0 Å². The zero-order valence-electron chi connectivity index (χ0n) is 21.3. The van der Waals surface area contributed by atoms with Crippen molar-refractivity contribution >= 4 is 35.8 Å². The molecule has 1 saturated carbocycles. The van der Waals surface area contributed by atoms with Crippen molar-refractivity contribution < 1.29 is 27.5 Å². The number of anilines is 1. The lowest BCUT2D eigenvalue weighted by molar-refractivity contribution is -0.144. The monoisotopic (exact) mass is 530 g/mol. The average molecular weight is 531 g/mol. The van der Waals surface area contributed by atoms with E-state index < -0.39 is 24.2 Å². The quantitative estimate of drug-likeness (QED) is 0.338. The van der Waals surface area contributed by atoms with Crippen LogP contribution in [0.2, 0.25) is 25.7 Å². The highest BCUT2D eigenvalue weighted by Crippen LogP contribution is 2.50. The van der Waals surface area contributed by atoms with Gasteiger partial charge >= 0.3 is 16.2 Å². The molecule has 1 aliphatic heterocycles. The molecule has 4 rings (SSSR count). The minimum Gasteiger partial charge on any atom is -0.487 e. The average Bonchev–Trinajstić information content (AvgIpc) is 3.58. The molecule has 2 fully saturated rings. The molecule has 2 aliphatic rings. The minimum atomic E-state index is -4.02. The van der Waals surface area contributed by atoms with Gasteiger partial charge in [0.15, 0.2) is 0 Å². The van der Waals surface area contributed by atoms with Crippen molar-refractivity contribution in [2.75, 3.05) is 24.0 Å². The molecule has 0 spiro atoms. The molecule has 0 radical (unpaired) electrons. The number of benzene rings is 2. The second-order valence-electron chi connectivity index (χ2n) is 10.5. The summed E-state index contributed by atoms with van der Waals surface area (Å²) in [7, 11) is -5.58. The zero-order valence-corrected chi connectivity index (χ0v) is 23.1. The number of hydrogen-bond acceptors (Lipinski definition) is 6. The van der Waals surface area contributed by atoms with Gasteiger partial charge in [0.05, 0.1) is 18.2 Å². The maximum absolute atomic E-state index is 13.4. The van der Waals surface area contributed by atoms with Gasteiger partial charge in [-0.05, 0) is 48.6 Å². The lowest BCUT2D eigenvalue weighted by Gasteiger charge is -2.24. The van der Waals surface area contributed by atoms with Crippen LogP contribution < -0.4 is 9.04 Å². The highest BCUT2D eigenvalue weighted by atomic mass is 32.2. The Morgan fingerprint density at radius 2 is 1.83 bits per heavy atom. The molecule has 36 heavy (non-hydrogen) atoms. The molecule has 1 heterocycles. The molecule has 2 atom stereocenters. The Hall–Kier alpha value is -2.85. The van der Waals surface area contributed by atoms with E-state index >= 15 is 0 Å². The van der Waals surface area contributed by atoms with Crippen LogP contribution in [0.5, 0.6) is 5.75 Å². The van der Waals surface area contributed by atoms with Crippen LogP contribution in [-0.4, -0.2) is 52.4 Å². The summed E-state index contributed by atoms with van der Waals surface area (Å²) in [5.41, 5.74) is 2.15. The highest BCUT2D eigenvalue weighted by Gasteiger charge is 2.47. The van der Waals surface area contributed by atoms with E-state index in [1.54, 1.807) is 19.1 Å². The number of carbonyl (C=O) groups is 2.